The molecule has 1 aliphatic heterocycles. The van der Waals surface area contributed by atoms with Gasteiger partial charge in [0.2, 0.25) is 0 Å². The number of carbonyl (C=O) groups is 2. The topological polar surface area (TPSA) is 134 Å². The molecule has 1 aliphatic rings. The number of urea groups is 1. The van der Waals surface area contributed by atoms with Gasteiger partial charge in [0.25, 0.3) is 0 Å². The second kappa shape index (κ2) is 10.8. The largest absolute Gasteiger partial charge is 0.442 e. The Kier molecular flexibility index (Phi) is 7.40. The summed E-state index contributed by atoms with van der Waals surface area (Å²) in [6.45, 7) is 3.89. The van der Waals surface area contributed by atoms with Gasteiger partial charge < -0.3 is 14.2 Å². The van der Waals surface area contributed by atoms with Crippen molar-refractivity contribution in [1.29, 1.82) is 0 Å². The van der Waals surface area contributed by atoms with E-state index in [9.17, 15) is 9.59 Å². The molecule has 35 heavy (non-hydrogen) atoms. The number of carbonyl (C=O) groups excluding carboxylic acids is 2. The molecule has 1 saturated heterocycles. The summed E-state index contributed by atoms with van der Waals surface area (Å²) < 4.78 is 26.7. The number of hydrazine groups is 1. The molecule has 0 bridgehead atoms. The first-order valence-corrected chi connectivity index (χ1v) is 11.0. The van der Waals surface area contributed by atoms with E-state index in [1.807, 2.05) is 11.8 Å². The van der Waals surface area contributed by atoms with Crippen molar-refractivity contribution in [3.05, 3.63) is 48.7 Å². The highest BCUT2D eigenvalue weighted by Gasteiger charge is 2.33. The van der Waals surface area contributed by atoms with Crippen LogP contribution in [0.5, 0.6) is 0 Å². The molecule has 3 heterocycles. The first kappa shape index (κ1) is 23.9. The van der Waals surface area contributed by atoms with Crippen molar-refractivity contribution in [3.8, 4) is 0 Å². The third kappa shape index (κ3) is 5.84. The van der Waals surface area contributed by atoms with Crippen LogP contribution in [0.25, 0.3) is 0 Å². The van der Waals surface area contributed by atoms with Gasteiger partial charge in [-0.15, -0.1) is 5.10 Å². The summed E-state index contributed by atoms with van der Waals surface area (Å²) in [5.41, 5.74) is 3.75. The van der Waals surface area contributed by atoms with Gasteiger partial charge in [-0.2, -0.15) is 0 Å². The van der Waals surface area contributed by atoms with E-state index in [1.54, 1.807) is 36.3 Å². The quantitative estimate of drug-likeness (QED) is 0.411. The van der Waals surface area contributed by atoms with Gasteiger partial charge in [-0.05, 0) is 25.1 Å². The first-order valence-electron chi connectivity index (χ1n) is 11.0. The van der Waals surface area contributed by atoms with Crippen LogP contribution in [0.3, 0.4) is 0 Å². The molecule has 2 N–H and O–H groups in total. The molecule has 1 fully saturated rings. The number of halogens is 1. The molecule has 0 saturated carbocycles. The van der Waals surface area contributed by atoms with Gasteiger partial charge in [-0.25, -0.2) is 24.1 Å². The van der Waals surface area contributed by atoms with Crippen molar-refractivity contribution in [2.45, 2.75) is 19.6 Å². The van der Waals surface area contributed by atoms with E-state index in [0.29, 0.717) is 43.4 Å². The molecule has 0 unspecified atom stereocenters. The van der Waals surface area contributed by atoms with Crippen molar-refractivity contribution in [1.82, 2.24) is 30.6 Å². The van der Waals surface area contributed by atoms with Crippen molar-refractivity contribution in [2.24, 2.45) is 0 Å². The number of likely N-dealkylation sites (N-methyl/N-ethyl adjacent to an activating group) is 1. The van der Waals surface area contributed by atoms with Gasteiger partial charge in [0.15, 0.2) is 5.82 Å². The number of hydrogen-bond donors (Lipinski definition) is 2. The zero-order valence-corrected chi connectivity index (χ0v) is 19.3. The third-order valence-corrected chi connectivity index (χ3v) is 5.41. The Hall–Kier alpha value is -4.20. The predicted octanol–water partition coefficient (Wildman–Crippen LogP) is 1.93. The maximum atomic E-state index is 15.0. The van der Waals surface area contributed by atoms with Crippen molar-refractivity contribution in [2.75, 3.05) is 48.3 Å². The number of nitrogens with zero attached hydrogens (tertiary/aromatic N) is 7. The highest BCUT2D eigenvalue weighted by Crippen LogP contribution is 2.28. The number of benzene rings is 1. The summed E-state index contributed by atoms with van der Waals surface area (Å²) in [5, 5.41) is 15.1. The van der Waals surface area contributed by atoms with Crippen LogP contribution in [0.2, 0.25) is 0 Å². The van der Waals surface area contributed by atoms with Crippen LogP contribution in [-0.2, 0) is 11.3 Å². The van der Waals surface area contributed by atoms with Crippen LogP contribution in [0.4, 0.5) is 31.2 Å². The zero-order valence-electron chi connectivity index (χ0n) is 19.3. The van der Waals surface area contributed by atoms with Gasteiger partial charge in [0.1, 0.15) is 18.2 Å². The molecular formula is C21H26FN9O4. The molecule has 0 radical (unpaired) electrons. The fourth-order valence-corrected chi connectivity index (χ4v) is 3.63. The molecule has 0 spiro atoms. The third-order valence-electron chi connectivity index (χ3n) is 5.41. The van der Waals surface area contributed by atoms with E-state index in [2.05, 4.69) is 30.7 Å². The average Bonchev–Trinajstić information content (AvgIpc) is 3.60. The summed E-state index contributed by atoms with van der Waals surface area (Å²) in [6, 6.07) is 5.74. The fraction of sp³-hybridized carbons (Fsp3) is 0.381. The summed E-state index contributed by atoms with van der Waals surface area (Å²) in [4.78, 5) is 27.7. The van der Waals surface area contributed by atoms with E-state index in [-0.39, 0.29) is 6.54 Å². The second-order valence-electron chi connectivity index (χ2n) is 7.74. The minimum atomic E-state index is -0.536. The zero-order chi connectivity index (χ0) is 24.8. The van der Waals surface area contributed by atoms with E-state index in [0.717, 1.165) is 0 Å². The molecule has 3 amide bonds. The maximum absolute atomic E-state index is 15.0. The molecular weight excluding hydrogens is 461 g/mol. The van der Waals surface area contributed by atoms with Crippen LogP contribution in [0.1, 0.15) is 6.92 Å². The van der Waals surface area contributed by atoms with Crippen molar-refractivity contribution >= 4 is 29.3 Å². The number of aromatic nitrogens is 4. The Bertz CT molecular complexity index is 1130. The normalized spacial score (nSPS) is 15.2. The van der Waals surface area contributed by atoms with Crippen LogP contribution >= 0.6 is 0 Å². The van der Waals surface area contributed by atoms with Gasteiger partial charge in [-0.1, -0.05) is 10.4 Å². The van der Waals surface area contributed by atoms with Crippen LogP contribution in [-0.4, -0.2) is 76.6 Å². The van der Waals surface area contributed by atoms with Gasteiger partial charge >= 0.3 is 12.1 Å². The van der Waals surface area contributed by atoms with E-state index in [1.165, 1.54) is 28.3 Å². The Labute approximate surface area is 200 Å². The first-order chi connectivity index (χ1) is 16.9. The molecule has 1 aromatic carbocycles. The number of amides is 3. The number of anilines is 3. The molecule has 186 valence electrons. The monoisotopic (exact) mass is 487 g/mol. The van der Waals surface area contributed by atoms with Gasteiger partial charge in [-0.3, -0.25) is 15.2 Å². The molecule has 3 aromatic rings. The Morgan fingerprint density at radius 3 is 2.89 bits per heavy atom. The smallest absolute Gasteiger partial charge is 0.414 e. The standard InChI is InChI=1S/C21H26FN9O4/c1-3-29(9-8-24-28(2)20(32)25-19-6-11-34-26-19)18-5-4-15(12-17(18)22)31-14-16(35-21(31)33)13-30-10-7-23-27-30/h4-7,10-12,16,24H,3,8-9,13-14H2,1-2H3,(H,25,26,32)/t16-/m0/s1. The Morgan fingerprint density at radius 2 is 2.20 bits per heavy atom. The van der Waals surface area contributed by atoms with E-state index < -0.39 is 24.0 Å². The van der Waals surface area contributed by atoms with Gasteiger partial charge in [0, 0.05) is 38.9 Å². The lowest BCUT2D eigenvalue weighted by atomic mass is 10.2. The molecule has 14 heteroatoms. The van der Waals surface area contributed by atoms with Crippen molar-refractivity contribution < 1.29 is 23.2 Å². The average molecular weight is 487 g/mol. The van der Waals surface area contributed by atoms with E-state index >= 15 is 4.39 Å². The number of ether oxygens (including phenoxy) is 1. The molecule has 2 aromatic heterocycles. The minimum absolute atomic E-state index is 0.279. The minimum Gasteiger partial charge on any atom is -0.442 e. The number of nitrogens with one attached hydrogen (secondary N) is 2. The predicted molar refractivity (Wildman–Crippen MR) is 123 cm³/mol. The summed E-state index contributed by atoms with van der Waals surface area (Å²) in [6.07, 6.45) is 3.63. The molecule has 13 nitrogen and oxygen atoms in total. The number of hydrogen-bond acceptors (Lipinski definition) is 9. The lowest BCUT2D eigenvalue weighted by Crippen LogP contribution is -2.45. The summed E-state index contributed by atoms with van der Waals surface area (Å²) in [7, 11) is 1.56. The number of rotatable bonds is 10. The SMILES string of the molecule is CCN(CCNN(C)C(=O)Nc1ccon1)c1ccc(N2C[C@H](Cn3ccnn3)OC2=O)cc1F. The summed E-state index contributed by atoms with van der Waals surface area (Å²) in [5.74, 6) is -0.165. The van der Waals surface area contributed by atoms with E-state index in [4.69, 9.17) is 4.74 Å². The van der Waals surface area contributed by atoms with Crippen LogP contribution < -0.4 is 20.5 Å². The highest BCUT2D eigenvalue weighted by atomic mass is 19.1. The lowest BCUT2D eigenvalue weighted by Gasteiger charge is -2.26. The summed E-state index contributed by atoms with van der Waals surface area (Å²) >= 11 is 0. The van der Waals surface area contributed by atoms with Crippen molar-refractivity contribution in [3.63, 3.8) is 0 Å². The second-order valence-corrected chi connectivity index (χ2v) is 7.74. The van der Waals surface area contributed by atoms with Crippen LogP contribution in [0.15, 0.2) is 47.4 Å². The lowest BCUT2D eigenvalue weighted by molar-refractivity contribution is 0.129. The molecule has 1 atom stereocenters. The highest BCUT2D eigenvalue weighted by molar-refractivity contribution is 5.90. The number of cyclic esters (lactones) is 1. The van der Waals surface area contributed by atoms with Gasteiger partial charge in [0.05, 0.1) is 30.7 Å². The fourth-order valence-electron chi connectivity index (χ4n) is 3.63. The molecule has 0 aliphatic carbocycles. The Balaban J connectivity index is 1.31. The molecule has 4 rings (SSSR count). The van der Waals surface area contributed by atoms with Crippen LogP contribution in [0, 0.1) is 5.82 Å². The Morgan fingerprint density at radius 1 is 1.34 bits per heavy atom. The maximum Gasteiger partial charge on any atom is 0.414 e.